The van der Waals surface area contributed by atoms with Gasteiger partial charge < -0.3 is 10.6 Å². The molecule has 2 unspecified atom stereocenters. The van der Waals surface area contributed by atoms with E-state index in [1.807, 2.05) is 0 Å². The predicted molar refractivity (Wildman–Crippen MR) is 69.7 cm³/mol. The van der Waals surface area contributed by atoms with E-state index in [-0.39, 0.29) is 17.3 Å². The minimum Gasteiger partial charge on any atom is -0.358 e. The van der Waals surface area contributed by atoms with Gasteiger partial charge in [0.25, 0.3) is 0 Å². The van der Waals surface area contributed by atoms with Gasteiger partial charge in [-0.1, -0.05) is 12.1 Å². The van der Waals surface area contributed by atoms with Crippen LogP contribution in [0.2, 0.25) is 0 Å². The highest BCUT2D eigenvalue weighted by molar-refractivity contribution is 5.99. The minimum absolute atomic E-state index is 0.197. The number of alkyl halides is 3. The van der Waals surface area contributed by atoms with Gasteiger partial charge in [-0.15, -0.1) is 0 Å². The zero-order valence-electron chi connectivity index (χ0n) is 11.3. The highest BCUT2D eigenvalue weighted by atomic mass is 19.4. The Morgan fingerprint density at radius 2 is 1.86 bits per heavy atom. The molecule has 1 aliphatic heterocycles. The quantitative estimate of drug-likeness (QED) is 0.834. The van der Waals surface area contributed by atoms with Crippen molar-refractivity contribution in [1.82, 2.24) is 10.6 Å². The van der Waals surface area contributed by atoms with Crippen LogP contribution in [0, 0.1) is 5.92 Å². The fourth-order valence-corrected chi connectivity index (χ4v) is 2.37. The highest BCUT2D eigenvalue weighted by Crippen LogP contribution is 2.29. The van der Waals surface area contributed by atoms with E-state index in [1.54, 1.807) is 0 Å². The van der Waals surface area contributed by atoms with E-state index in [1.165, 1.54) is 19.2 Å². The lowest BCUT2D eigenvalue weighted by Gasteiger charge is -2.10. The summed E-state index contributed by atoms with van der Waals surface area (Å²) < 4.78 is 37.4. The fourth-order valence-electron chi connectivity index (χ4n) is 2.37. The van der Waals surface area contributed by atoms with Crippen molar-refractivity contribution in [3.63, 3.8) is 0 Å². The van der Waals surface area contributed by atoms with Crippen molar-refractivity contribution >= 4 is 11.7 Å². The Labute approximate surface area is 119 Å². The molecule has 1 heterocycles. The van der Waals surface area contributed by atoms with Crippen molar-refractivity contribution < 1.29 is 22.8 Å². The van der Waals surface area contributed by atoms with Crippen LogP contribution in [0.1, 0.15) is 22.3 Å². The molecule has 2 atom stereocenters. The summed E-state index contributed by atoms with van der Waals surface area (Å²) in [6.07, 6.45) is -4.07. The molecule has 7 heteroatoms. The second kappa shape index (κ2) is 5.85. The molecule has 0 saturated carbocycles. The van der Waals surface area contributed by atoms with Gasteiger partial charge >= 0.3 is 6.18 Å². The summed E-state index contributed by atoms with van der Waals surface area (Å²) in [6.45, 7) is 0.345. The molecule has 2 rings (SSSR count). The lowest BCUT2D eigenvalue weighted by molar-refractivity contribution is -0.137. The maximum absolute atomic E-state index is 12.5. The third-order valence-corrected chi connectivity index (χ3v) is 3.56. The molecule has 1 amide bonds. The van der Waals surface area contributed by atoms with Gasteiger partial charge in [-0.25, -0.2) is 0 Å². The van der Waals surface area contributed by atoms with Crippen LogP contribution in [0.4, 0.5) is 13.2 Å². The molecule has 4 nitrogen and oxygen atoms in total. The Morgan fingerprint density at radius 3 is 2.38 bits per heavy atom. The number of likely N-dealkylation sites (N-methyl/N-ethyl adjacent to an activating group) is 1. The van der Waals surface area contributed by atoms with Crippen molar-refractivity contribution in [1.29, 1.82) is 0 Å². The third-order valence-electron chi connectivity index (χ3n) is 3.56. The maximum atomic E-state index is 12.5. The van der Waals surface area contributed by atoms with Gasteiger partial charge in [0, 0.05) is 25.1 Å². The van der Waals surface area contributed by atoms with Gasteiger partial charge in [-0.3, -0.25) is 9.59 Å². The third kappa shape index (κ3) is 3.41. The normalized spacial score (nSPS) is 22.1. The van der Waals surface area contributed by atoms with Crippen molar-refractivity contribution in [3.8, 4) is 0 Å². The van der Waals surface area contributed by atoms with Crippen LogP contribution in [0.15, 0.2) is 24.3 Å². The summed E-state index contributed by atoms with van der Waals surface area (Å²) in [5.41, 5.74) is -0.556. The molecule has 0 aromatic heterocycles. The molecule has 1 saturated heterocycles. The molecule has 21 heavy (non-hydrogen) atoms. The van der Waals surface area contributed by atoms with Crippen molar-refractivity contribution in [2.24, 2.45) is 5.92 Å². The van der Waals surface area contributed by atoms with E-state index in [9.17, 15) is 22.8 Å². The van der Waals surface area contributed by atoms with E-state index in [2.05, 4.69) is 10.6 Å². The van der Waals surface area contributed by atoms with E-state index in [0.29, 0.717) is 13.0 Å². The molecule has 1 aliphatic rings. The number of hydrogen-bond acceptors (Lipinski definition) is 3. The number of rotatable bonds is 3. The van der Waals surface area contributed by atoms with Crippen LogP contribution in [-0.2, 0) is 11.0 Å². The largest absolute Gasteiger partial charge is 0.416 e. The smallest absolute Gasteiger partial charge is 0.358 e. The van der Waals surface area contributed by atoms with Crippen molar-refractivity contribution in [2.75, 3.05) is 13.6 Å². The molecule has 1 aromatic rings. The molecule has 0 aliphatic carbocycles. The predicted octanol–water partition coefficient (Wildman–Crippen LogP) is 1.61. The molecule has 114 valence electrons. The van der Waals surface area contributed by atoms with Gasteiger partial charge in [-0.05, 0) is 18.6 Å². The number of ketones is 1. The molecule has 1 aromatic carbocycles. The SMILES string of the molecule is CNC(=O)C1CC(C(=O)c2ccc(C(F)(F)F)cc2)CN1. The Morgan fingerprint density at radius 1 is 1.24 bits per heavy atom. The summed E-state index contributed by atoms with van der Waals surface area (Å²) in [7, 11) is 1.51. The van der Waals surface area contributed by atoms with E-state index in [4.69, 9.17) is 0 Å². The average molecular weight is 300 g/mol. The number of Topliss-reactive ketones (excluding diaryl/α,β-unsaturated/α-hetero) is 1. The monoisotopic (exact) mass is 300 g/mol. The maximum Gasteiger partial charge on any atom is 0.416 e. The molecule has 2 N–H and O–H groups in total. The molecule has 0 radical (unpaired) electrons. The summed E-state index contributed by atoms with van der Waals surface area (Å²) in [4.78, 5) is 23.7. The van der Waals surface area contributed by atoms with E-state index < -0.39 is 23.7 Å². The second-order valence-electron chi connectivity index (χ2n) is 4.95. The van der Waals surface area contributed by atoms with E-state index in [0.717, 1.165) is 12.1 Å². The zero-order valence-corrected chi connectivity index (χ0v) is 11.3. The fraction of sp³-hybridized carbons (Fsp3) is 0.429. The Bertz CT molecular complexity index is 540. The van der Waals surface area contributed by atoms with Crippen LogP contribution >= 0.6 is 0 Å². The van der Waals surface area contributed by atoms with Crippen LogP contribution < -0.4 is 10.6 Å². The number of benzene rings is 1. The summed E-state index contributed by atoms with van der Waals surface area (Å²) >= 11 is 0. The van der Waals surface area contributed by atoms with Gasteiger partial charge in [0.1, 0.15) is 0 Å². The molecular formula is C14H15F3N2O2. The van der Waals surface area contributed by atoms with Crippen molar-refractivity contribution in [3.05, 3.63) is 35.4 Å². The summed E-state index contributed by atoms with van der Waals surface area (Å²) in [6, 6.07) is 3.72. The first-order valence-corrected chi connectivity index (χ1v) is 6.49. The number of nitrogens with one attached hydrogen (secondary N) is 2. The van der Waals surface area contributed by atoms with E-state index >= 15 is 0 Å². The first-order valence-electron chi connectivity index (χ1n) is 6.49. The Balaban J connectivity index is 2.06. The lowest BCUT2D eigenvalue weighted by Crippen LogP contribution is -2.38. The average Bonchev–Trinajstić information content (AvgIpc) is 2.94. The lowest BCUT2D eigenvalue weighted by atomic mass is 9.94. The van der Waals surface area contributed by atoms with Crippen LogP contribution in [0.25, 0.3) is 0 Å². The second-order valence-corrected chi connectivity index (χ2v) is 4.95. The van der Waals surface area contributed by atoms with Gasteiger partial charge in [0.15, 0.2) is 5.78 Å². The van der Waals surface area contributed by atoms with Crippen LogP contribution in [-0.4, -0.2) is 31.3 Å². The number of carbonyl (C=O) groups is 2. The topological polar surface area (TPSA) is 58.2 Å². The summed E-state index contributed by atoms with van der Waals surface area (Å²) in [5, 5.41) is 5.42. The van der Waals surface area contributed by atoms with Crippen LogP contribution in [0.3, 0.4) is 0 Å². The van der Waals surface area contributed by atoms with Gasteiger partial charge in [0.05, 0.1) is 11.6 Å². The number of hydrogen-bond donors (Lipinski definition) is 2. The first kappa shape index (κ1) is 15.5. The minimum atomic E-state index is -4.42. The first-order chi connectivity index (χ1) is 9.82. The molecular weight excluding hydrogens is 285 g/mol. The molecule has 0 bridgehead atoms. The Hall–Kier alpha value is -1.89. The number of carbonyl (C=O) groups excluding carboxylic acids is 2. The van der Waals surface area contributed by atoms with Gasteiger partial charge in [-0.2, -0.15) is 13.2 Å². The summed E-state index contributed by atoms with van der Waals surface area (Å²) in [5.74, 6) is -0.843. The highest BCUT2D eigenvalue weighted by Gasteiger charge is 2.34. The van der Waals surface area contributed by atoms with Crippen LogP contribution in [0.5, 0.6) is 0 Å². The number of halogens is 3. The molecule has 0 spiro atoms. The zero-order chi connectivity index (χ0) is 15.6. The standard InChI is InChI=1S/C14H15F3N2O2/c1-18-13(21)11-6-9(7-19-11)12(20)8-2-4-10(5-3-8)14(15,16)17/h2-5,9,11,19H,6-7H2,1H3,(H,18,21). The molecule has 1 fully saturated rings. The Kier molecular flexibility index (Phi) is 4.32. The van der Waals surface area contributed by atoms with Gasteiger partial charge in [0.2, 0.25) is 5.91 Å². The van der Waals surface area contributed by atoms with Crippen molar-refractivity contribution in [2.45, 2.75) is 18.6 Å². The number of amides is 1.